The number of aryl methyl sites for hydroxylation is 1. The Kier molecular flexibility index (Phi) is 5.36. The molecule has 0 bridgehead atoms. The van der Waals surface area contributed by atoms with Crippen molar-refractivity contribution in [2.24, 2.45) is 5.73 Å². The highest BCUT2D eigenvalue weighted by Gasteiger charge is 2.02. The molecule has 0 aliphatic carbocycles. The summed E-state index contributed by atoms with van der Waals surface area (Å²) >= 11 is 4.38. The van der Waals surface area contributed by atoms with Crippen LogP contribution in [0.1, 0.15) is 24.5 Å². The molecule has 0 aromatic heterocycles. The molecule has 0 saturated heterocycles. The lowest BCUT2D eigenvalue weighted by Gasteiger charge is -2.09. The normalized spacial score (nSPS) is 12.1. The van der Waals surface area contributed by atoms with Gasteiger partial charge in [0, 0.05) is 10.9 Å². The van der Waals surface area contributed by atoms with Crippen LogP contribution in [0.15, 0.2) is 48.7 Å². The summed E-state index contributed by atoms with van der Waals surface area (Å²) in [5, 5.41) is 0.246. The number of allylic oxidation sites excluding steroid dienone is 1. The average molecular weight is 247 g/mol. The topological polar surface area (TPSA) is 26.0 Å². The molecule has 0 radical (unpaired) electrons. The van der Waals surface area contributed by atoms with Crippen LogP contribution in [0, 0.1) is 0 Å². The third-order valence-corrected chi connectivity index (χ3v) is 3.14. The molecule has 92 valence electrons. The third kappa shape index (κ3) is 5.14. The smallest absolute Gasteiger partial charge is 0.0198 e. The van der Waals surface area contributed by atoms with Crippen LogP contribution < -0.4 is 5.73 Å². The molecule has 1 aromatic carbocycles. The molecule has 0 aliphatic rings. The maximum atomic E-state index is 5.55. The van der Waals surface area contributed by atoms with Gasteiger partial charge in [-0.25, -0.2) is 0 Å². The second kappa shape index (κ2) is 6.55. The number of rotatable bonds is 6. The minimum atomic E-state index is 0.246. The Morgan fingerprint density at radius 3 is 2.24 bits per heavy atom. The van der Waals surface area contributed by atoms with E-state index in [1.807, 2.05) is 6.92 Å². The number of hydrogen-bond acceptors (Lipinski definition) is 2. The Balaban J connectivity index is 2.56. The van der Waals surface area contributed by atoms with Crippen molar-refractivity contribution in [3.05, 3.63) is 59.8 Å². The van der Waals surface area contributed by atoms with Crippen molar-refractivity contribution in [1.82, 2.24) is 0 Å². The molecular formula is C15H21NS. The van der Waals surface area contributed by atoms with E-state index in [1.165, 1.54) is 11.1 Å². The summed E-state index contributed by atoms with van der Waals surface area (Å²) < 4.78 is 0. The first kappa shape index (κ1) is 13.9. The SMILES string of the molecule is C=C(N)CCc1ccc(CC(=C)C(C)S)cc1. The van der Waals surface area contributed by atoms with Gasteiger partial charge in [-0.2, -0.15) is 12.6 Å². The van der Waals surface area contributed by atoms with Crippen LogP contribution >= 0.6 is 12.6 Å². The molecule has 1 rings (SSSR count). The molecule has 0 aliphatic heterocycles. The van der Waals surface area contributed by atoms with Crippen LogP contribution in [0.2, 0.25) is 0 Å². The van der Waals surface area contributed by atoms with Gasteiger partial charge in [-0.05, 0) is 37.3 Å². The molecule has 1 unspecified atom stereocenters. The Morgan fingerprint density at radius 2 is 1.76 bits per heavy atom. The molecular weight excluding hydrogens is 226 g/mol. The van der Waals surface area contributed by atoms with E-state index < -0.39 is 0 Å². The van der Waals surface area contributed by atoms with Crippen LogP contribution in [0.25, 0.3) is 0 Å². The molecule has 0 amide bonds. The summed E-state index contributed by atoms with van der Waals surface area (Å²) in [5.41, 5.74) is 10.0. The fourth-order valence-corrected chi connectivity index (χ4v) is 1.63. The lowest BCUT2D eigenvalue weighted by molar-refractivity contribution is 0.929. The summed E-state index contributed by atoms with van der Waals surface area (Å²) in [6.07, 6.45) is 2.70. The van der Waals surface area contributed by atoms with Crippen molar-refractivity contribution in [1.29, 1.82) is 0 Å². The Labute approximate surface area is 110 Å². The van der Waals surface area contributed by atoms with E-state index >= 15 is 0 Å². The van der Waals surface area contributed by atoms with Gasteiger partial charge in [0.25, 0.3) is 0 Å². The summed E-state index contributed by atoms with van der Waals surface area (Å²) in [5.74, 6) is 0. The van der Waals surface area contributed by atoms with Crippen molar-refractivity contribution in [2.45, 2.75) is 31.4 Å². The Hall–Kier alpha value is -1.15. The van der Waals surface area contributed by atoms with E-state index in [0.717, 1.165) is 30.5 Å². The number of nitrogens with two attached hydrogens (primary N) is 1. The largest absolute Gasteiger partial charge is 0.403 e. The summed E-state index contributed by atoms with van der Waals surface area (Å²) in [7, 11) is 0. The zero-order valence-electron chi connectivity index (χ0n) is 10.4. The first-order valence-corrected chi connectivity index (χ1v) is 6.37. The van der Waals surface area contributed by atoms with E-state index in [9.17, 15) is 0 Å². The predicted octanol–water partition coefficient (Wildman–Crippen LogP) is 3.51. The molecule has 17 heavy (non-hydrogen) atoms. The van der Waals surface area contributed by atoms with Gasteiger partial charge in [0.1, 0.15) is 0 Å². The number of thiol groups is 1. The van der Waals surface area contributed by atoms with E-state index in [0.29, 0.717) is 0 Å². The van der Waals surface area contributed by atoms with Crippen LogP contribution in [-0.2, 0) is 12.8 Å². The van der Waals surface area contributed by atoms with Gasteiger partial charge in [0.2, 0.25) is 0 Å². The highest BCUT2D eigenvalue weighted by Crippen LogP contribution is 2.15. The van der Waals surface area contributed by atoms with E-state index in [4.69, 9.17) is 5.73 Å². The molecule has 2 N–H and O–H groups in total. The number of benzene rings is 1. The zero-order valence-corrected chi connectivity index (χ0v) is 11.3. The highest BCUT2D eigenvalue weighted by atomic mass is 32.1. The Bertz CT molecular complexity index is 390. The van der Waals surface area contributed by atoms with Gasteiger partial charge >= 0.3 is 0 Å². The standard InChI is InChI=1S/C15H21NS/c1-11(13(3)17)10-15-8-6-14(7-9-15)5-4-12(2)16/h6-9,13,17H,1-2,4-5,10,16H2,3H3. The molecule has 0 fully saturated rings. The molecule has 0 spiro atoms. The van der Waals surface area contributed by atoms with Crippen LogP contribution in [0.5, 0.6) is 0 Å². The molecule has 1 atom stereocenters. The number of hydrogen-bond donors (Lipinski definition) is 2. The lowest BCUT2D eigenvalue weighted by atomic mass is 10.0. The van der Waals surface area contributed by atoms with Crippen molar-refractivity contribution in [3.63, 3.8) is 0 Å². The van der Waals surface area contributed by atoms with Gasteiger partial charge in [-0.1, -0.05) is 43.0 Å². The molecule has 0 heterocycles. The van der Waals surface area contributed by atoms with Crippen molar-refractivity contribution < 1.29 is 0 Å². The quantitative estimate of drug-likeness (QED) is 0.584. The van der Waals surface area contributed by atoms with Crippen molar-refractivity contribution in [2.75, 3.05) is 0 Å². The van der Waals surface area contributed by atoms with Gasteiger partial charge in [0.15, 0.2) is 0 Å². The summed E-state index contributed by atoms with van der Waals surface area (Å²) in [6, 6.07) is 8.59. The minimum absolute atomic E-state index is 0.246. The van der Waals surface area contributed by atoms with Gasteiger partial charge in [-0.15, -0.1) is 0 Å². The Morgan fingerprint density at radius 1 is 1.24 bits per heavy atom. The average Bonchev–Trinajstić information content (AvgIpc) is 2.28. The fraction of sp³-hybridized carbons (Fsp3) is 0.333. The lowest BCUT2D eigenvalue weighted by Crippen LogP contribution is -2.00. The third-order valence-electron chi connectivity index (χ3n) is 2.78. The maximum absolute atomic E-state index is 5.55. The van der Waals surface area contributed by atoms with Gasteiger partial charge < -0.3 is 5.73 Å². The summed E-state index contributed by atoms with van der Waals surface area (Å²) in [4.78, 5) is 0. The van der Waals surface area contributed by atoms with E-state index in [1.54, 1.807) is 0 Å². The second-order valence-electron chi connectivity index (χ2n) is 4.49. The van der Waals surface area contributed by atoms with Gasteiger partial charge in [0.05, 0.1) is 0 Å². The van der Waals surface area contributed by atoms with Crippen molar-refractivity contribution >= 4 is 12.6 Å². The second-order valence-corrected chi connectivity index (χ2v) is 5.26. The maximum Gasteiger partial charge on any atom is 0.0198 e. The summed E-state index contributed by atoms with van der Waals surface area (Å²) in [6.45, 7) is 9.78. The predicted molar refractivity (Wildman–Crippen MR) is 79.4 cm³/mol. The fourth-order valence-electron chi connectivity index (χ4n) is 1.54. The van der Waals surface area contributed by atoms with E-state index in [2.05, 4.69) is 50.1 Å². The first-order valence-electron chi connectivity index (χ1n) is 5.86. The minimum Gasteiger partial charge on any atom is -0.403 e. The molecule has 2 heteroatoms. The highest BCUT2D eigenvalue weighted by molar-refractivity contribution is 7.81. The zero-order chi connectivity index (χ0) is 12.8. The molecule has 1 nitrogen and oxygen atoms in total. The van der Waals surface area contributed by atoms with Crippen molar-refractivity contribution in [3.8, 4) is 0 Å². The monoisotopic (exact) mass is 247 g/mol. The molecule has 1 aromatic rings. The van der Waals surface area contributed by atoms with Gasteiger partial charge in [-0.3, -0.25) is 0 Å². The first-order chi connectivity index (χ1) is 7.99. The van der Waals surface area contributed by atoms with Crippen LogP contribution in [-0.4, -0.2) is 5.25 Å². The van der Waals surface area contributed by atoms with Crippen LogP contribution in [0.4, 0.5) is 0 Å². The molecule has 0 saturated carbocycles. The van der Waals surface area contributed by atoms with E-state index in [-0.39, 0.29) is 5.25 Å². The van der Waals surface area contributed by atoms with Crippen LogP contribution in [0.3, 0.4) is 0 Å².